The first kappa shape index (κ1) is 14.5. The van der Waals surface area contributed by atoms with Gasteiger partial charge in [0.15, 0.2) is 0 Å². The third-order valence-electron chi connectivity index (χ3n) is 4.45. The van der Waals surface area contributed by atoms with E-state index in [1.807, 2.05) is 0 Å². The van der Waals surface area contributed by atoms with Crippen LogP contribution in [0.2, 0.25) is 0 Å². The number of carbonyl (C=O) groups is 1. The number of rotatable bonds is 4. The Hall–Kier alpha value is -0.530. The average molecular weight is 239 g/mol. The third kappa shape index (κ3) is 3.23. The zero-order valence-corrected chi connectivity index (χ0v) is 12.4. The molecule has 0 aromatic heterocycles. The van der Waals surface area contributed by atoms with Crippen LogP contribution < -0.4 is 0 Å². The third-order valence-corrected chi connectivity index (χ3v) is 4.45. The smallest absolute Gasteiger partial charge is 0.225 e. The molecule has 1 amide bonds. The fourth-order valence-corrected chi connectivity index (χ4v) is 2.68. The zero-order valence-electron chi connectivity index (χ0n) is 12.4. The minimum Gasteiger partial charge on any atom is -0.339 e. The van der Waals surface area contributed by atoms with Gasteiger partial charge in [-0.1, -0.05) is 48.0 Å². The number of hydrogen-bond acceptors (Lipinski definition) is 1. The number of amides is 1. The zero-order chi connectivity index (χ0) is 13.2. The first-order chi connectivity index (χ1) is 7.88. The Labute approximate surface area is 107 Å². The van der Waals surface area contributed by atoms with Crippen LogP contribution in [0.25, 0.3) is 0 Å². The van der Waals surface area contributed by atoms with E-state index in [0.29, 0.717) is 29.7 Å². The number of carbonyl (C=O) groups excluding carboxylic acids is 1. The second kappa shape index (κ2) is 5.88. The van der Waals surface area contributed by atoms with E-state index in [2.05, 4.69) is 46.4 Å². The average Bonchev–Trinajstić information content (AvgIpc) is 2.70. The Morgan fingerprint density at radius 1 is 1.24 bits per heavy atom. The van der Waals surface area contributed by atoms with E-state index < -0.39 is 0 Å². The van der Waals surface area contributed by atoms with Crippen molar-refractivity contribution in [2.75, 3.05) is 6.54 Å². The van der Waals surface area contributed by atoms with Crippen LogP contribution in [0.4, 0.5) is 0 Å². The molecule has 0 N–H and O–H groups in total. The predicted molar refractivity (Wildman–Crippen MR) is 72.7 cm³/mol. The van der Waals surface area contributed by atoms with Crippen molar-refractivity contribution >= 4 is 5.91 Å². The second-order valence-corrected chi connectivity index (χ2v) is 6.34. The molecule has 1 aliphatic heterocycles. The highest BCUT2D eigenvalue weighted by Gasteiger charge is 2.37. The summed E-state index contributed by atoms with van der Waals surface area (Å²) >= 11 is 0. The van der Waals surface area contributed by atoms with Gasteiger partial charge in [-0.15, -0.1) is 0 Å². The number of hydrogen-bond donors (Lipinski definition) is 0. The second-order valence-electron chi connectivity index (χ2n) is 6.34. The Kier molecular flexibility index (Phi) is 5.03. The van der Waals surface area contributed by atoms with Gasteiger partial charge in [0.25, 0.3) is 0 Å². The van der Waals surface area contributed by atoms with Crippen molar-refractivity contribution in [3.63, 3.8) is 0 Å². The molecule has 0 aromatic carbocycles. The maximum atomic E-state index is 12.5. The van der Waals surface area contributed by atoms with E-state index in [-0.39, 0.29) is 5.92 Å². The molecule has 0 spiro atoms. The first-order valence-corrected chi connectivity index (χ1v) is 7.18. The van der Waals surface area contributed by atoms with E-state index in [1.165, 1.54) is 12.8 Å². The molecular weight excluding hydrogens is 210 g/mol. The molecular formula is C15H29NO. The van der Waals surface area contributed by atoms with Gasteiger partial charge in [0.05, 0.1) is 0 Å². The van der Waals surface area contributed by atoms with Gasteiger partial charge in [0.1, 0.15) is 0 Å². The number of nitrogens with zero attached hydrogens (tertiary/aromatic N) is 1. The van der Waals surface area contributed by atoms with Gasteiger partial charge in [0.2, 0.25) is 5.91 Å². The van der Waals surface area contributed by atoms with Crippen LogP contribution in [0.1, 0.15) is 54.4 Å². The molecule has 100 valence electrons. The molecule has 0 aromatic rings. The summed E-state index contributed by atoms with van der Waals surface area (Å²) in [5.41, 5.74) is 0. The van der Waals surface area contributed by atoms with Crippen molar-refractivity contribution in [2.24, 2.45) is 23.7 Å². The molecule has 0 bridgehead atoms. The van der Waals surface area contributed by atoms with E-state index in [4.69, 9.17) is 0 Å². The summed E-state index contributed by atoms with van der Waals surface area (Å²) < 4.78 is 0. The molecule has 1 rings (SSSR count). The van der Waals surface area contributed by atoms with Crippen LogP contribution in [0.3, 0.4) is 0 Å². The van der Waals surface area contributed by atoms with Gasteiger partial charge < -0.3 is 4.90 Å². The van der Waals surface area contributed by atoms with Crippen molar-refractivity contribution < 1.29 is 4.79 Å². The molecule has 1 fully saturated rings. The van der Waals surface area contributed by atoms with Crippen molar-refractivity contribution in [3.8, 4) is 0 Å². The maximum absolute atomic E-state index is 12.5. The van der Waals surface area contributed by atoms with Crippen molar-refractivity contribution in [3.05, 3.63) is 0 Å². The Morgan fingerprint density at radius 2 is 1.82 bits per heavy atom. The van der Waals surface area contributed by atoms with Gasteiger partial charge in [-0.25, -0.2) is 0 Å². The number of likely N-dealkylation sites (tertiary alicyclic amines) is 1. The molecule has 0 saturated carbocycles. The first-order valence-electron chi connectivity index (χ1n) is 7.18. The summed E-state index contributed by atoms with van der Waals surface area (Å²) in [5, 5.41) is 0. The van der Waals surface area contributed by atoms with Crippen LogP contribution in [-0.4, -0.2) is 23.4 Å². The van der Waals surface area contributed by atoms with E-state index >= 15 is 0 Å². The van der Waals surface area contributed by atoms with Gasteiger partial charge in [-0.2, -0.15) is 0 Å². The normalized spacial score (nSPS) is 26.9. The summed E-state index contributed by atoms with van der Waals surface area (Å²) in [7, 11) is 0. The van der Waals surface area contributed by atoms with Crippen LogP contribution in [0.15, 0.2) is 0 Å². The molecule has 2 unspecified atom stereocenters. The Balaban J connectivity index is 2.76. The summed E-state index contributed by atoms with van der Waals surface area (Å²) in [6.45, 7) is 14.0. The molecule has 0 radical (unpaired) electrons. The standard InChI is InChI=1S/C15H29NO/c1-7-13-8-14(11(4)5)16(9-13)15(17)12(6)10(2)3/h10-14H,7-9H2,1-6H3/t12?,13?,14-/m0/s1. The summed E-state index contributed by atoms with van der Waals surface area (Å²) in [5.74, 6) is 2.26. The lowest BCUT2D eigenvalue weighted by Gasteiger charge is -2.31. The van der Waals surface area contributed by atoms with Crippen molar-refractivity contribution in [1.29, 1.82) is 0 Å². The predicted octanol–water partition coefficient (Wildman–Crippen LogP) is 3.56. The quantitative estimate of drug-likeness (QED) is 0.734. The summed E-state index contributed by atoms with van der Waals surface area (Å²) in [6.07, 6.45) is 2.40. The van der Waals surface area contributed by atoms with Crippen molar-refractivity contribution in [1.82, 2.24) is 4.90 Å². The maximum Gasteiger partial charge on any atom is 0.225 e. The van der Waals surface area contributed by atoms with E-state index in [1.54, 1.807) is 0 Å². The molecule has 3 atom stereocenters. The van der Waals surface area contributed by atoms with Gasteiger partial charge in [0, 0.05) is 18.5 Å². The lowest BCUT2D eigenvalue weighted by Crippen LogP contribution is -2.42. The van der Waals surface area contributed by atoms with Crippen LogP contribution >= 0.6 is 0 Å². The lowest BCUT2D eigenvalue weighted by molar-refractivity contribution is -0.138. The van der Waals surface area contributed by atoms with Crippen LogP contribution in [0.5, 0.6) is 0 Å². The van der Waals surface area contributed by atoms with E-state index in [9.17, 15) is 4.79 Å². The minimum absolute atomic E-state index is 0.159. The molecule has 1 aliphatic rings. The molecule has 1 saturated heterocycles. The SMILES string of the molecule is CCC1C[C@@H](C(C)C)N(C(=O)C(C)C(C)C)C1. The van der Waals surface area contributed by atoms with Crippen LogP contribution in [-0.2, 0) is 4.79 Å². The fraction of sp³-hybridized carbons (Fsp3) is 0.933. The van der Waals surface area contributed by atoms with Gasteiger partial charge in [-0.05, 0) is 24.2 Å². The monoisotopic (exact) mass is 239 g/mol. The topological polar surface area (TPSA) is 20.3 Å². The fourth-order valence-electron chi connectivity index (χ4n) is 2.68. The summed E-state index contributed by atoms with van der Waals surface area (Å²) in [4.78, 5) is 14.7. The summed E-state index contributed by atoms with van der Waals surface area (Å²) in [6, 6.07) is 0.466. The molecule has 2 heteroatoms. The lowest BCUT2D eigenvalue weighted by atomic mass is 9.94. The largest absolute Gasteiger partial charge is 0.339 e. The molecule has 0 aliphatic carbocycles. The highest BCUT2D eigenvalue weighted by Crippen LogP contribution is 2.32. The Bertz CT molecular complexity index is 260. The Morgan fingerprint density at radius 3 is 2.24 bits per heavy atom. The van der Waals surface area contributed by atoms with Gasteiger partial charge in [-0.3, -0.25) is 4.79 Å². The van der Waals surface area contributed by atoms with Crippen molar-refractivity contribution in [2.45, 2.75) is 60.4 Å². The minimum atomic E-state index is 0.159. The molecule has 2 nitrogen and oxygen atoms in total. The highest BCUT2D eigenvalue weighted by molar-refractivity contribution is 5.79. The highest BCUT2D eigenvalue weighted by atomic mass is 16.2. The van der Waals surface area contributed by atoms with E-state index in [0.717, 1.165) is 6.54 Å². The molecule has 1 heterocycles. The van der Waals surface area contributed by atoms with Crippen LogP contribution in [0, 0.1) is 23.7 Å². The van der Waals surface area contributed by atoms with Gasteiger partial charge >= 0.3 is 0 Å². The molecule has 17 heavy (non-hydrogen) atoms.